The highest BCUT2D eigenvalue weighted by Gasteiger charge is 2.59. The van der Waals surface area contributed by atoms with Gasteiger partial charge in [0.1, 0.15) is 5.41 Å². The molecule has 7 heteroatoms. The van der Waals surface area contributed by atoms with Crippen LogP contribution in [-0.2, 0) is 9.59 Å². The van der Waals surface area contributed by atoms with Crippen LogP contribution >= 0.6 is 0 Å². The predicted molar refractivity (Wildman–Crippen MR) is 59.8 cm³/mol. The first-order chi connectivity index (χ1) is 8.54. The van der Waals surface area contributed by atoms with E-state index in [4.69, 9.17) is 5.11 Å². The number of amides is 3. The molecule has 98 valence electrons. The van der Waals surface area contributed by atoms with Gasteiger partial charge in [-0.3, -0.25) is 9.59 Å². The molecule has 0 aromatic rings. The zero-order chi connectivity index (χ0) is 12.9. The van der Waals surface area contributed by atoms with Crippen LogP contribution in [0.4, 0.5) is 4.79 Å². The molecule has 0 radical (unpaired) electrons. The molecule has 3 rings (SSSR count). The monoisotopic (exact) mass is 253 g/mol. The van der Waals surface area contributed by atoms with Gasteiger partial charge in [-0.25, -0.2) is 4.79 Å². The maximum atomic E-state index is 12.2. The van der Waals surface area contributed by atoms with Gasteiger partial charge in [0.05, 0.1) is 6.04 Å². The third-order valence-corrected chi connectivity index (χ3v) is 4.09. The number of nitrogens with one attached hydrogen (secondary N) is 1. The lowest BCUT2D eigenvalue weighted by Crippen LogP contribution is -2.56. The van der Waals surface area contributed by atoms with Gasteiger partial charge in [0.25, 0.3) is 0 Å². The number of carbonyl (C=O) groups is 3. The summed E-state index contributed by atoms with van der Waals surface area (Å²) in [4.78, 5) is 38.1. The SMILES string of the molecule is O=C1NCC2CN(C(=O)C3(C(=O)O)CC3)CCN12. The summed E-state index contributed by atoms with van der Waals surface area (Å²) in [5.74, 6) is -1.30. The Morgan fingerprint density at radius 1 is 1.33 bits per heavy atom. The van der Waals surface area contributed by atoms with Crippen LogP contribution in [0.2, 0.25) is 0 Å². The van der Waals surface area contributed by atoms with Crippen molar-refractivity contribution in [1.29, 1.82) is 0 Å². The van der Waals surface area contributed by atoms with E-state index in [9.17, 15) is 14.4 Å². The van der Waals surface area contributed by atoms with Crippen molar-refractivity contribution in [2.24, 2.45) is 5.41 Å². The van der Waals surface area contributed by atoms with Gasteiger partial charge in [-0.2, -0.15) is 0 Å². The zero-order valence-electron chi connectivity index (χ0n) is 9.89. The molecule has 0 spiro atoms. The Hall–Kier alpha value is -1.79. The number of rotatable bonds is 2. The lowest BCUT2D eigenvalue weighted by Gasteiger charge is -2.37. The van der Waals surface area contributed by atoms with Gasteiger partial charge in [-0.15, -0.1) is 0 Å². The van der Waals surface area contributed by atoms with E-state index in [-0.39, 0.29) is 18.0 Å². The van der Waals surface area contributed by atoms with E-state index in [0.29, 0.717) is 39.0 Å². The van der Waals surface area contributed by atoms with Crippen LogP contribution in [0.3, 0.4) is 0 Å². The summed E-state index contributed by atoms with van der Waals surface area (Å²) in [5.41, 5.74) is -1.17. The van der Waals surface area contributed by atoms with E-state index in [2.05, 4.69) is 5.32 Å². The van der Waals surface area contributed by atoms with Gasteiger partial charge in [-0.1, -0.05) is 0 Å². The molecule has 18 heavy (non-hydrogen) atoms. The second-order valence-electron chi connectivity index (χ2n) is 5.17. The molecule has 2 saturated heterocycles. The van der Waals surface area contributed by atoms with Crippen LogP contribution in [-0.4, -0.2) is 65.0 Å². The predicted octanol–water partition coefficient (Wildman–Crippen LogP) is -0.913. The van der Waals surface area contributed by atoms with Crippen LogP contribution in [0.5, 0.6) is 0 Å². The molecule has 7 nitrogen and oxygen atoms in total. The summed E-state index contributed by atoms with van der Waals surface area (Å²) < 4.78 is 0. The summed E-state index contributed by atoms with van der Waals surface area (Å²) in [6.07, 6.45) is 0.868. The molecule has 1 unspecified atom stereocenters. The molecular formula is C11H15N3O4. The van der Waals surface area contributed by atoms with Crippen LogP contribution in [0.25, 0.3) is 0 Å². The normalized spacial score (nSPS) is 28.7. The number of piperazine rings is 1. The van der Waals surface area contributed by atoms with Crippen molar-refractivity contribution in [3.8, 4) is 0 Å². The quantitative estimate of drug-likeness (QED) is 0.623. The number of carboxylic acids is 1. The minimum absolute atomic E-state index is 0.0141. The molecule has 0 aromatic carbocycles. The van der Waals surface area contributed by atoms with E-state index in [0.717, 1.165) is 0 Å². The standard InChI is InChI=1S/C11H15N3O4/c15-8(11(1-2-11)9(16)17)13-3-4-14-7(6-13)5-12-10(14)18/h7H,1-6H2,(H,12,18)(H,16,17). The Kier molecular flexibility index (Phi) is 2.26. The van der Waals surface area contributed by atoms with Gasteiger partial charge < -0.3 is 20.2 Å². The number of hydrogen-bond acceptors (Lipinski definition) is 3. The van der Waals surface area contributed by atoms with Gasteiger partial charge in [0.15, 0.2) is 0 Å². The van der Waals surface area contributed by atoms with E-state index in [1.807, 2.05) is 0 Å². The number of urea groups is 1. The third-order valence-electron chi connectivity index (χ3n) is 4.09. The fourth-order valence-corrected chi connectivity index (χ4v) is 2.74. The number of fused-ring (bicyclic) bond motifs is 1. The number of carbonyl (C=O) groups excluding carboxylic acids is 2. The number of carboxylic acid groups (broad SMARTS) is 1. The molecule has 2 aliphatic heterocycles. The molecule has 0 aromatic heterocycles. The fraction of sp³-hybridized carbons (Fsp3) is 0.727. The third kappa shape index (κ3) is 1.46. The van der Waals surface area contributed by atoms with Crippen molar-refractivity contribution < 1.29 is 19.5 Å². The molecule has 1 saturated carbocycles. The maximum Gasteiger partial charge on any atom is 0.319 e. The Labute approximate surface area is 104 Å². The second kappa shape index (κ2) is 3.60. The Bertz CT molecular complexity index is 432. The lowest BCUT2D eigenvalue weighted by atomic mass is 10.0. The summed E-state index contributed by atoms with van der Waals surface area (Å²) in [6.45, 7) is 1.88. The topological polar surface area (TPSA) is 90.0 Å². The van der Waals surface area contributed by atoms with Crippen molar-refractivity contribution >= 4 is 17.9 Å². The van der Waals surface area contributed by atoms with Crippen LogP contribution in [0.15, 0.2) is 0 Å². The first-order valence-corrected chi connectivity index (χ1v) is 6.12. The van der Waals surface area contributed by atoms with E-state index < -0.39 is 11.4 Å². The van der Waals surface area contributed by atoms with E-state index in [1.165, 1.54) is 0 Å². The highest BCUT2D eigenvalue weighted by Crippen LogP contribution is 2.47. The summed E-state index contributed by atoms with van der Waals surface area (Å²) in [6, 6.07) is -0.105. The van der Waals surface area contributed by atoms with Gasteiger partial charge in [0.2, 0.25) is 5.91 Å². The van der Waals surface area contributed by atoms with Gasteiger partial charge in [0, 0.05) is 26.2 Å². The van der Waals surface area contributed by atoms with Gasteiger partial charge in [-0.05, 0) is 12.8 Å². The largest absolute Gasteiger partial charge is 0.480 e. The Balaban J connectivity index is 1.70. The summed E-state index contributed by atoms with van der Waals surface area (Å²) in [7, 11) is 0. The molecule has 3 amide bonds. The molecule has 1 atom stereocenters. The zero-order valence-corrected chi connectivity index (χ0v) is 9.89. The van der Waals surface area contributed by atoms with E-state index >= 15 is 0 Å². The number of hydrogen-bond donors (Lipinski definition) is 2. The van der Waals surface area contributed by atoms with Crippen molar-refractivity contribution in [3.05, 3.63) is 0 Å². The minimum atomic E-state index is -1.17. The van der Waals surface area contributed by atoms with Gasteiger partial charge >= 0.3 is 12.0 Å². The maximum absolute atomic E-state index is 12.2. The number of aliphatic carboxylic acids is 1. The van der Waals surface area contributed by atoms with E-state index in [1.54, 1.807) is 9.80 Å². The molecule has 2 heterocycles. The second-order valence-corrected chi connectivity index (χ2v) is 5.17. The fourth-order valence-electron chi connectivity index (χ4n) is 2.74. The molecule has 2 N–H and O–H groups in total. The van der Waals surface area contributed by atoms with Crippen molar-refractivity contribution in [3.63, 3.8) is 0 Å². The smallest absolute Gasteiger partial charge is 0.319 e. The summed E-state index contributed by atoms with van der Waals surface area (Å²) in [5, 5.41) is 11.8. The molecule has 1 aliphatic carbocycles. The minimum Gasteiger partial charge on any atom is -0.480 e. The Morgan fingerprint density at radius 2 is 2.06 bits per heavy atom. The molecular weight excluding hydrogens is 238 g/mol. The van der Waals surface area contributed by atoms with Crippen LogP contribution < -0.4 is 5.32 Å². The van der Waals surface area contributed by atoms with Crippen molar-refractivity contribution in [2.75, 3.05) is 26.2 Å². The van der Waals surface area contributed by atoms with Crippen molar-refractivity contribution in [1.82, 2.24) is 15.1 Å². The molecule has 3 fully saturated rings. The molecule has 3 aliphatic rings. The van der Waals surface area contributed by atoms with Crippen LogP contribution in [0.1, 0.15) is 12.8 Å². The van der Waals surface area contributed by atoms with Crippen molar-refractivity contribution in [2.45, 2.75) is 18.9 Å². The van der Waals surface area contributed by atoms with Crippen LogP contribution in [0, 0.1) is 5.41 Å². The average Bonchev–Trinajstić information content (AvgIpc) is 3.09. The molecule has 0 bridgehead atoms. The summed E-state index contributed by atoms with van der Waals surface area (Å²) >= 11 is 0. The highest BCUT2D eigenvalue weighted by atomic mass is 16.4. The Morgan fingerprint density at radius 3 is 2.67 bits per heavy atom. The first kappa shape index (κ1) is 11.3. The number of nitrogens with zero attached hydrogens (tertiary/aromatic N) is 2. The lowest BCUT2D eigenvalue weighted by molar-refractivity contribution is -0.154. The highest BCUT2D eigenvalue weighted by molar-refractivity contribution is 6.04. The average molecular weight is 253 g/mol. The first-order valence-electron chi connectivity index (χ1n) is 6.12.